The highest BCUT2D eigenvalue weighted by Crippen LogP contribution is 2.27. The molecule has 18 heavy (non-hydrogen) atoms. The molecule has 0 unspecified atom stereocenters. The number of aromatic nitrogens is 1. The van der Waals surface area contributed by atoms with Gasteiger partial charge in [-0.2, -0.15) is 0 Å². The van der Waals surface area contributed by atoms with Crippen LogP contribution in [0.2, 0.25) is 0 Å². The fraction of sp³-hybridized carbons (Fsp3) is 0.267. The van der Waals surface area contributed by atoms with Crippen molar-refractivity contribution in [3.05, 3.63) is 53.6 Å². The normalized spacial score (nSPS) is 13.5. The molecule has 1 N–H and O–H groups in total. The lowest BCUT2D eigenvalue weighted by atomic mass is 10.1. The van der Waals surface area contributed by atoms with Gasteiger partial charge in [-0.05, 0) is 30.2 Å². The molecule has 3 rings (SSSR count). The van der Waals surface area contributed by atoms with Gasteiger partial charge in [-0.3, -0.25) is 0 Å². The van der Waals surface area contributed by atoms with Crippen molar-refractivity contribution < 1.29 is 0 Å². The maximum atomic E-state index is 4.64. The molecular formula is C15H17N3. The highest BCUT2D eigenvalue weighted by Gasteiger charge is 2.19. The molecule has 0 fully saturated rings. The summed E-state index contributed by atoms with van der Waals surface area (Å²) in [6.07, 6.45) is 0. The second-order valence-corrected chi connectivity index (χ2v) is 4.54. The van der Waals surface area contributed by atoms with Crippen molar-refractivity contribution in [2.45, 2.75) is 20.0 Å². The molecular weight excluding hydrogens is 222 g/mol. The summed E-state index contributed by atoms with van der Waals surface area (Å²) in [5.41, 5.74) is 2.82. The summed E-state index contributed by atoms with van der Waals surface area (Å²) in [5.74, 6) is 2.00. The molecule has 0 atom stereocenters. The van der Waals surface area contributed by atoms with Crippen molar-refractivity contribution in [3.63, 3.8) is 0 Å². The first-order valence-corrected chi connectivity index (χ1v) is 6.39. The number of nitrogens with zero attached hydrogens (tertiary/aromatic N) is 2. The number of fused-ring (bicyclic) bond motifs is 1. The summed E-state index contributed by atoms with van der Waals surface area (Å²) in [6.45, 7) is 4.90. The van der Waals surface area contributed by atoms with Crippen molar-refractivity contribution in [1.82, 2.24) is 4.98 Å². The Balaban J connectivity index is 1.83. The largest absolute Gasteiger partial charge is 0.370 e. The van der Waals surface area contributed by atoms with E-state index in [9.17, 15) is 0 Å². The van der Waals surface area contributed by atoms with Crippen LogP contribution in [0.4, 0.5) is 11.6 Å². The molecule has 3 heteroatoms. The Morgan fingerprint density at radius 3 is 2.44 bits per heavy atom. The van der Waals surface area contributed by atoms with Crippen molar-refractivity contribution in [2.75, 3.05) is 16.8 Å². The van der Waals surface area contributed by atoms with Crippen LogP contribution >= 0.6 is 0 Å². The van der Waals surface area contributed by atoms with Gasteiger partial charge < -0.3 is 10.2 Å². The second-order valence-electron chi connectivity index (χ2n) is 4.54. The first-order chi connectivity index (χ1) is 8.86. The smallest absolute Gasteiger partial charge is 0.131 e. The molecule has 2 aromatic rings. The number of anilines is 2. The summed E-state index contributed by atoms with van der Waals surface area (Å²) >= 11 is 0. The van der Waals surface area contributed by atoms with Gasteiger partial charge >= 0.3 is 0 Å². The number of hydrogen-bond acceptors (Lipinski definition) is 3. The number of benzene rings is 1. The minimum Gasteiger partial charge on any atom is -0.370 e. The summed E-state index contributed by atoms with van der Waals surface area (Å²) in [6, 6.07) is 14.7. The van der Waals surface area contributed by atoms with E-state index in [-0.39, 0.29) is 0 Å². The zero-order valence-electron chi connectivity index (χ0n) is 10.6. The topological polar surface area (TPSA) is 28.2 Å². The highest BCUT2D eigenvalue weighted by atomic mass is 15.2. The van der Waals surface area contributed by atoms with Gasteiger partial charge in [0.15, 0.2) is 0 Å². The van der Waals surface area contributed by atoms with Gasteiger partial charge in [-0.15, -0.1) is 0 Å². The zero-order chi connectivity index (χ0) is 12.4. The molecule has 3 nitrogen and oxygen atoms in total. The summed E-state index contributed by atoms with van der Waals surface area (Å²) in [7, 11) is 0. The van der Waals surface area contributed by atoms with E-state index in [4.69, 9.17) is 0 Å². The third-order valence-electron chi connectivity index (χ3n) is 3.26. The molecule has 0 amide bonds. The number of nitrogens with one attached hydrogen (secondary N) is 1. The van der Waals surface area contributed by atoms with Crippen LogP contribution in [0.25, 0.3) is 0 Å². The molecule has 0 spiro atoms. The second kappa shape index (κ2) is 4.69. The SMILES string of the molecule is CCNc1cccc(N2Cc3ccccc3C2)n1. The average molecular weight is 239 g/mol. The summed E-state index contributed by atoms with van der Waals surface area (Å²) in [4.78, 5) is 6.95. The van der Waals surface area contributed by atoms with Gasteiger partial charge in [0.1, 0.15) is 11.6 Å². The van der Waals surface area contributed by atoms with Crippen LogP contribution < -0.4 is 10.2 Å². The van der Waals surface area contributed by atoms with Crippen molar-refractivity contribution >= 4 is 11.6 Å². The van der Waals surface area contributed by atoms with E-state index in [1.54, 1.807) is 0 Å². The lowest BCUT2D eigenvalue weighted by Crippen LogP contribution is -2.16. The van der Waals surface area contributed by atoms with E-state index < -0.39 is 0 Å². The maximum Gasteiger partial charge on any atom is 0.131 e. The van der Waals surface area contributed by atoms with Crippen molar-refractivity contribution in [1.29, 1.82) is 0 Å². The van der Waals surface area contributed by atoms with Gasteiger partial charge in [0, 0.05) is 19.6 Å². The molecule has 92 valence electrons. The molecule has 1 aliphatic rings. The Morgan fingerprint density at radius 2 is 1.78 bits per heavy atom. The third-order valence-corrected chi connectivity index (χ3v) is 3.26. The van der Waals surface area contributed by atoms with Crippen LogP contribution in [-0.2, 0) is 13.1 Å². The monoisotopic (exact) mass is 239 g/mol. The van der Waals surface area contributed by atoms with E-state index in [1.165, 1.54) is 11.1 Å². The number of hydrogen-bond donors (Lipinski definition) is 1. The molecule has 1 aliphatic heterocycles. The van der Waals surface area contributed by atoms with Gasteiger partial charge in [-0.25, -0.2) is 4.98 Å². The fourth-order valence-corrected chi connectivity index (χ4v) is 2.37. The van der Waals surface area contributed by atoms with E-state index in [0.29, 0.717) is 0 Å². The Labute approximate surface area is 107 Å². The third kappa shape index (κ3) is 2.04. The maximum absolute atomic E-state index is 4.64. The predicted octanol–water partition coefficient (Wildman–Crippen LogP) is 3.03. The minimum atomic E-state index is 0.899. The molecule has 2 heterocycles. The van der Waals surface area contributed by atoms with Crippen molar-refractivity contribution in [3.8, 4) is 0 Å². The first-order valence-electron chi connectivity index (χ1n) is 6.39. The zero-order valence-corrected chi connectivity index (χ0v) is 10.6. The predicted molar refractivity (Wildman–Crippen MR) is 74.7 cm³/mol. The van der Waals surface area contributed by atoms with Crippen LogP contribution in [-0.4, -0.2) is 11.5 Å². The van der Waals surface area contributed by atoms with E-state index >= 15 is 0 Å². The lowest BCUT2D eigenvalue weighted by molar-refractivity contribution is 0.857. The van der Waals surface area contributed by atoms with Crippen LogP contribution in [0, 0.1) is 0 Å². The van der Waals surface area contributed by atoms with Gasteiger partial charge in [0.25, 0.3) is 0 Å². The first kappa shape index (κ1) is 11.1. The van der Waals surface area contributed by atoms with E-state index in [1.807, 2.05) is 6.07 Å². The van der Waals surface area contributed by atoms with Crippen LogP contribution in [0.5, 0.6) is 0 Å². The highest BCUT2D eigenvalue weighted by molar-refractivity contribution is 5.51. The van der Waals surface area contributed by atoms with Crippen molar-refractivity contribution in [2.24, 2.45) is 0 Å². The van der Waals surface area contributed by atoms with Gasteiger partial charge in [0.2, 0.25) is 0 Å². The molecule has 1 aromatic heterocycles. The average Bonchev–Trinajstić information content (AvgIpc) is 2.83. The standard InChI is InChI=1S/C15H17N3/c1-2-16-14-8-5-9-15(17-14)18-10-12-6-3-4-7-13(12)11-18/h3-9H,2,10-11H2,1H3,(H,16,17). The molecule has 0 aliphatic carbocycles. The Hall–Kier alpha value is -2.03. The molecule has 0 bridgehead atoms. The summed E-state index contributed by atoms with van der Waals surface area (Å²) < 4.78 is 0. The van der Waals surface area contributed by atoms with Gasteiger partial charge in [-0.1, -0.05) is 30.3 Å². The molecule has 0 saturated heterocycles. The Kier molecular flexibility index (Phi) is 2.89. The van der Waals surface area contributed by atoms with Crippen LogP contribution in [0.3, 0.4) is 0 Å². The van der Waals surface area contributed by atoms with Crippen LogP contribution in [0.15, 0.2) is 42.5 Å². The number of pyridine rings is 1. The minimum absolute atomic E-state index is 0.899. The summed E-state index contributed by atoms with van der Waals surface area (Å²) in [5, 5.41) is 3.25. The quantitative estimate of drug-likeness (QED) is 0.892. The molecule has 0 saturated carbocycles. The van der Waals surface area contributed by atoms with E-state index in [2.05, 4.69) is 58.5 Å². The molecule has 0 radical (unpaired) electrons. The number of rotatable bonds is 3. The molecule has 1 aromatic carbocycles. The lowest BCUT2D eigenvalue weighted by Gasteiger charge is -2.17. The Bertz CT molecular complexity index is 526. The Morgan fingerprint density at radius 1 is 1.06 bits per heavy atom. The fourth-order valence-electron chi connectivity index (χ4n) is 2.37. The van der Waals surface area contributed by atoms with E-state index in [0.717, 1.165) is 31.3 Å². The van der Waals surface area contributed by atoms with Crippen LogP contribution in [0.1, 0.15) is 18.1 Å². The van der Waals surface area contributed by atoms with Gasteiger partial charge in [0.05, 0.1) is 0 Å².